The SMILES string of the molecule is CCn1c(CCC(=O)Nc2ccc(C)c(Cl)c2)nnc1SCC(=O)N1CCc2ccccc21. The lowest BCUT2D eigenvalue weighted by Crippen LogP contribution is -2.30. The van der Waals surface area contributed by atoms with Gasteiger partial charge in [0.1, 0.15) is 5.82 Å². The zero-order chi connectivity index (χ0) is 23.4. The van der Waals surface area contributed by atoms with Crippen molar-refractivity contribution in [1.82, 2.24) is 14.8 Å². The highest BCUT2D eigenvalue weighted by Crippen LogP contribution is 2.29. The van der Waals surface area contributed by atoms with Gasteiger partial charge in [0.05, 0.1) is 5.75 Å². The second-order valence-corrected chi connectivity index (χ2v) is 9.22. The van der Waals surface area contributed by atoms with Gasteiger partial charge >= 0.3 is 0 Å². The number of hydrogen-bond donors (Lipinski definition) is 1. The van der Waals surface area contributed by atoms with Crippen LogP contribution in [0.1, 0.15) is 30.3 Å². The van der Waals surface area contributed by atoms with E-state index in [1.54, 1.807) is 6.07 Å². The Labute approximate surface area is 202 Å². The number of aryl methyl sites for hydroxylation is 2. The number of nitrogens with one attached hydrogen (secondary N) is 1. The maximum Gasteiger partial charge on any atom is 0.237 e. The number of amides is 2. The highest BCUT2D eigenvalue weighted by atomic mass is 35.5. The minimum Gasteiger partial charge on any atom is -0.326 e. The Morgan fingerprint density at radius 3 is 2.79 bits per heavy atom. The number of fused-ring (bicyclic) bond motifs is 1. The lowest BCUT2D eigenvalue weighted by molar-refractivity contribution is -0.116. The number of thioether (sulfide) groups is 1. The smallest absolute Gasteiger partial charge is 0.237 e. The predicted octanol–water partition coefficient (Wildman–Crippen LogP) is 4.51. The molecule has 33 heavy (non-hydrogen) atoms. The number of aromatic nitrogens is 3. The molecule has 1 aliphatic rings. The minimum absolute atomic E-state index is 0.0632. The fourth-order valence-electron chi connectivity index (χ4n) is 3.85. The van der Waals surface area contributed by atoms with E-state index in [9.17, 15) is 9.59 Å². The molecule has 0 saturated carbocycles. The Bertz CT molecular complexity index is 1180. The van der Waals surface area contributed by atoms with Crippen molar-refractivity contribution >= 4 is 46.6 Å². The molecule has 0 aliphatic carbocycles. The van der Waals surface area contributed by atoms with Crippen LogP contribution < -0.4 is 10.2 Å². The summed E-state index contributed by atoms with van der Waals surface area (Å²) >= 11 is 7.51. The molecule has 0 atom stereocenters. The third-order valence-electron chi connectivity index (χ3n) is 5.65. The topological polar surface area (TPSA) is 80.1 Å². The van der Waals surface area contributed by atoms with E-state index in [1.165, 1.54) is 17.3 Å². The van der Waals surface area contributed by atoms with E-state index in [4.69, 9.17) is 11.6 Å². The van der Waals surface area contributed by atoms with Crippen LogP contribution in [0, 0.1) is 6.92 Å². The Balaban J connectivity index is 1.32. The van der Waals surface area contributed by atoms with Crippen LogP contribution in [0.25, 0.3) is 0 Å². The number of anilines is 2. The lowest BCUT2D eigenvalue weighted by Gasteiger charge is -2.17. The van der Waals surface area contributed by atoms with Gasteiger partial charge in [0.25, 0.3) is 0 Å². The molecule has 172 valence electrons. The molecule has 7 nitrogen and oxygen atoms in total. The number of carbonyl (C=O) groups excluding carboxylic acids is 2. The summed E-state index contributed by atoms with van der Waals surface area (Å²) in [7, 11) is 0. The van der Waals surface area contributed by atoms with Crippen LogP contribution in [0.5, 0.6) is 0 Å². The molecule has 0 unspecified atom stereocenters. The average molecular weight is 484 g/mol. The predicted molar refractivity (Wildman–Crippen MR) is 132 cm³/mol. The monoisotopic (exact) mass is 483 g/mol. The first-order valence-electron chi connectivity index (χ1n) is 11.0. The van der Waals surface area contributed by atoms with E-state index < -0.39 is 0 Å². The summed E-state index contributed by atoms with van der Waals surface area (Å²) in [5.74, 6) is 0.975. The highest BCUT2D eigenvalue weighted by molar-refractivity contribution is 7.99. The summed E-state index contributed by atoms with van der Waals surface area (Å²) in [5.41, 5.74) is 3.84. The van der Waals surface area contributed by atoms with Gasteiger partial charge < -0.3 is 14.8 Å². The van der Waals surface area contributed by atoms with Crippen molar-refractivity contribution < 1.29 is 9.59 Å². The fraction of sp³-hybridized carbons (Fsp3) is 0.333. The molecule has 2 aromatic carbocycles. The summed E-state index contributed by atoms with van der Waals surface area (Å²) < 4.78 is 1.96. The minimum atomic E-state index is -0.113. The standard InChI is InChI=1S/C24H26ClN5O2S/c1-3-29-21(10-11-22(31)26-18-9-8-16(2)19(25)14-18)27-28-24(29)33-15-23(32)30-13-12-17-6-4-5-7-20(17)30/h4-9,14H,3,10-13,15H2,1-2H3,(H,26,31). The van der Waals surface area contributed by atoms with Crippen LogP contribution in [0.4, 0.5) is 11.4 Å². The van der Waals surface area contributed by atoms with Gasteiger partial charge in [-0.15, -0.1) is 10.2 Å². The molecular formula is C24H26ClN5O2S. The number of para-hydroxylation sites is 1. The van der Waals surface area contributed by atoms with Gasteiger partial charge in [-0.05, 0) is 49.6 Å². The molecule has 0 bridgehead atoms. The normalized spacial score (nSPS) is 12.6. The summed E-state index contributed by atoms with van der Waals surface area (Å²) in [6, 6.07) is 13.5. The molecule has 1 aliphatic heterocycles. The van der Waals surface area contributed by atoms with Crippen LogP contribution in [0.15, 0.2) is 47.6 Å². The lowest BCUT2D eigenvalue weighted by atomic mass is 10.2. The van der Waals surface area contributed by atoms with E-state index in [2.05, 4.69) is 21.6 Å². The van der Waals surface area contributed by atoms with Crippen molar-refractivity contribution in [2.45, 2.75) is 44.8 Å². The van der Waals surface area contributed by atoms with Crippen LogP contribution in [-0.2, 0) is 29.0 Å². The van der Waals surface area contributed by atoms with Gasteiger partial charge in [-0.1, -0.05) is 47.6 Å². The average Bonchev–Trinajstić information content (AvgIpc) is 3.42. The number of benzene rings is 2. The largest absolute Gasteiger partial charge is 0.326 e. The van der Waals surface area contributed by atoms with Gasteiger partial charge in [-0.25, -0.2) is 0 Å². The second kappa shape index (κ2) is 10.4. The molecule has 0 fully saturated rings. The van der Waals surface area contributed by atoms with Crippen molar-refractivity contribution in [1.29, 1.82) is 0 Å². The van der Waals surface area contributed by atoms with E-state index >= 15 is 0 Å². The van der Waals surface area contributed by atoms with E-state index in [0.29, 0.717) is 41.1 Å². The number of carbonyl (C=O) groups is 2. The molecule has 0 spiro atoms. The number of halogens is 1. The van der Waals surface area contributed by atoms with Crippen LogP contribution >= 0.6 is 23.4 Å². The van der Waals surface area contributed by atoms with Crippen molar-refractivity contribution in [2.24, 2.45) is 0 Å². The van der Waals surface area contributed by atoms with Crippen LogP contribution in [0.2, 0.25) is 5.02 Å². The molecule has 0 radical (unpaired) electrons. The molecule has 3 aromatic rings. The van der Waals surface area contributed by atoms with Gasteiger partial charge in [-0.2, -0.15) is 0 Å². The summed E-state index contributed by atoms with van der Waals surface area (Å²) in [6.45, 7) is 5.30. The Morgan fingerprint density at radius 1 is 1.18 bits per heavy atom. The van der Waals surface area contributed by atoms with Crippen molar-refractivity contribution in [3.63, 3.8) is 0 Å². The number of hydrogen-bond acceptors (Lipinski definition) is 5. The number of nitrogens with zero attached hydrogens (tertiary/aromatic N) is 4. The maximum absolute atomic E-state index is 12.8. The Hall–Kier alpha value is -2.84. The van der Waals surface area contributed by atoms with Gasteiger partial charge in [0.15, 0.2) is 5.16 Å². The maximum atomic E-state index is 12.8. The van der Waals surface area contributed by atoms with Crippen LogP contribution in [-0.4, -0.2) is 38.9 Å². The first-order chi connectivity index (χ1) is 16.0. The summed E-state index contributed by atoms with van der Waals surface area (Å²) in [6.07, 6.45) is 1.62. The third-order valence-corrected chi connectivity index (χ3v) is 7.01. The second-order valence-electron chi connectivity index (χ2n) is 7.87. The van der Waals surface area contributed by atoms with Gasteiger partial charge in [0, 0.05) is 42.3 Å². The molecule has 9 heteroatoms. The molecule has 1 aromatic heterocycles. The van der Waals surface area contributed by atoms with Crippen molar-refractivity contribution in [3.8, 4) is 0 Å². The molecule has 4 rings (SSSR count). The number of rotatable bonds is 8. The highest BCUT2D eigenvalue weighted by Gasteiger charge is 2.24. The zero-order valence-corrected chi connectivity index (χ0v) is 20.2. The first kappa shape index (κ1) is 23.3. The van der Waals surface area contributed by atoms with E-state index in [-0.39, 0.29) is 18.2 Å². The molecule has 0 saturated heterocycles. The van der Waals surface area contributed by atoms with E-state index in [0.717, 1.165) is 23.5 Å². The Kier molecular flexibility index (Phi) is 7.35. The van der Waals surface area contributed by atoms with Crippen molar-refractivity contribution in [2.75, 3.05) is 22.5 Å². The summed E-state index contributed by atoms with van der Waals surface area (Å²) in [5, 5.41) is 12.7. The zero-order valence-electron chi connectivity index (χ0n) is 18.7. The third kappa shape index (κ3) is 5.39. The fourth-order valence-corrected chi connectivity index (χ4v) is 4.93. The van der Waals surface area contributed by atoms with E-state index in [1.807, 2.05) is 53.6 Å². The molecular weight excluding hydrogens is 458 g/mol. The first-order valence-corrected chi connectivity index (χ1v) is 12.3. The quantitative estimate of drug-likeness (QED) is 0.477. The molecule has 2 heterocycles. The summed E-state index contributed by atoms with van der Waals surface area (Å²) in [4.78, 5) is 27.0. The van der Waals surface area contributed by atoms with Gasteiger partial charge in [-0.3, -0.25) is 9.59 Å². The van der Waals surface area contributed by atoms with Crippen molar-refractivity contribution in [3.05, 3.63) is 64.4 Å². The van der Waals surface area contributed by atoms with Gasteiger partial charge in [0.2, 0.25) is 11.8 Å². The van der Waals surface area contributed by atoms with Crippen LogP contribution in [0.3, 0.4) is 0 Å². The Morgan fingerprint density at radius 2 is 2.00 bits per heavy atom. The molecule has 1 N–H and O–H groups in total. The molecule has 2 amide bonds.